The lowest BCUT2D eigenvalue weighted by atomic mass is 10.0. The first-order valence-corrected chi connectivity index (χ1v) is 8.33. The van der Waals surface area contributed by atoms with Crippen molar-refractivity contribution in [3.63, 3.8) is 0 Å². The Kier molecular flexibility index (Phi) is 3.52. The molecule has 1 fully saturated rings. The summed E-state index contributed by atoms with van der Waals surface area (Å²) in [5, 5.41) is 5.40. The van der Waals surface area contributed by atoms with Crippen molar-refractivity contribution >= 4 is 28.3 Å². The summed E-state index contributed by atoms with van der Waals surface area (Å²) < 4.78 is 0. The zero-order valence-electron chi connectivity index (χ0n) is 13.1. The molecule has 2 aromatic rings. The molecule has 0 aromatic heterocycles. The van der Waals surface area contributed by atoms with E-state index in [-0.39, 0.29) is 18.4 Å². The van der Waals surface area contributed by atoms with Crippen LogP contribution in [0.4, 0.5) is 5.69 Å². The highest BCUT2D eigenvalue weighted by Gasteiger charge is 2.21. The van der Waals surface area contributed by atoms with E-state index in [1.807, 2.05) is 6.07 Å². The van der Waals surface area contributed by atoms with Crippen LogP contribution in [-0.2, 0) is 22.4 Å². The Labute approximate surface area is 135 Å². The van der Waals surface area contributed by atoms with Gasteiger partial charge in [0.15, 0.2) is 0 Å². The van der Waals surface area contributed by atoms with Gasteiger partial charge in [-0.2, -0.15) is 0 Å². The molecule has 4 heteroatoms. The summed E-state index contributed by atoms with van der Waals surface area (Å²) in [6.07, 6.45) is 4.64. The third-order valence-corrected chi connectivity index (χ3v) is 4.91. The summed E-state index contributed by atoms with van der Waals surface area (Å²) in [6.45, 7) is 0.845. The van der Waals surface area contributed by atoms with E-state index in [0.717, 1.165) is 36.8 Å². The van der Waals surface area contributed by atoms with Gasteiger partial charge < -0.3 is 10.2 Å². The predicted octanol–water partition coefficient (Wildman–Crippen LogP) is 2.89. The summed E-state index contributed by atoms with van der Waals surface area (Å²) in [5.74, 6) is -0.0224. The van der Waals surface area contributed by atoms with Gasteiger partial charge in [0.2, 0.25) is 11.8 Å². The van der Waals surface area contributed by atoms with Crippen molar-refractivity contribution in [2.75, 3.05) is 18.4 Å². The summed E-state index contributed by atoms with van der Waals surface area (Å²) in [5.41, 5.74) is 3.57. The number of hydrogen-bond acceptors (Lipinski definition) is 2. The highest BCUT2D eigenvalue weighted by atomic mass is 16.2. The minimum absolute atomic E-state index is 0.0896. The molecule has 0 bridgehead atoms. The molecule has 1 N–H and O–H groups in total. The van der Waals surface area contributed by atoms with E-state index in [1.54, 1.807) is 4.90 Å². The number of hydrogen-bond donors (Lipinski definition) is 1. The van der Waals surface area contributed by atoms with Crippen LogP contribution in [0, 0.1) is 0 Å². The van der Waals surface area contributed by atoms with Gasteiger partial charge in [0.25, 0.3) is 0 Å². The Balaban J connectivity index is 1.56. The highest BCUT2D eigenvalue weighted by Crippen LogP contribution is 2.34. The smallest absolute Gasteiger partial charge is 0.244 e. The van der Waals surface area contributed by atoms with Gasteiger partial charge in [-0.1, -0.05) is 24.3 Å². The number of aryl methyl sites for hydroxylation is 2. The number of rotatable bonds is 3. The van der Waals surface area contributed by atoms with Crippen LogP contribution in [0.5, 0.6) is 0 Å². The fourth-order valence-electron chi connectivity index (χ4n) is 3.75. The lowest BCUT2D eigenvalue weighted by Crippen LogP contribution is -2.40. The fraction of sp³-hybridized carbons (Fsp3) is 0.368. The Hall–Kier alpha value is -2.36. The number of carbonyl (C=O) groups is 2. The zero-order valence-corrected chi connectivity index (χ0v) is 13.1. The van der Waals surface area contributed by atoms with E-state index in [2.05, 4.69) is 29.6 Å². The number of nitrogens with zero attached hydrogens (tertiary/aromatic N) is 1. The SMILES string of the molecule is O=C(CN1CCCCC1=O)Nc1ccc2c3c(cccc13)CC2. The van der Waals surface area contributed by atoms with Gasteiger partial charge in [-0.3, -0.25) is 9.59 Å². The zero-order chi connectivity index (χ0) is 15.8. The summed E-state index contributed by atoms with van der Waals surface area (Å²) >= 11 is 0. The maximum absolute atomic E-state index is 12.4. The monoisotopic (exact) mass is 308 g/mol. The van der Waals surface area contributed by atoms with Gasteiger partial charge in [-0.25, -0.2) is 0 Å². The molecule has 23 heavy (non-hydrogen) atoms. The molecule has 0 atom stereocenters. The number of anilines is 1. The van der Waals surface area contributed by atoms with Crippen molar-refractivity contribution in [1.29, 1.82) is 0 Å². The third kappa shape index (κ3) is 2.58. The van der Waals surface area contributed by atoms with Gasteiger partial charge in [0.05, 0.1) is 6.54 Å². The van der Waals surface area contributed by atoms with Crippen LogP contribution in [0.25, 0.3) is 10.8 Å². The van der Waals surface area contributed by atoms with Crippen molar-refractivity contribution in [2.24, 2.45) is 0 Å². The van der Waals surface area contributed by atoms with E-state index >= 15 is 0 Å². The average molecular weight is 308 g/mol. The van der Waals surface area contributed by atoms with Crippen LogP contribution in [-0.4, -0.2) is 29.8 Å². The van der Waals surface area contributed by atoms with E-state index in [4.69, 9.17) is 0 Å². The van der Waals surface area contributed by atoms with Gasteiger partial charge in [0.1, 0.15) is 0 Å². The van der Waals surface area contributed by atoms with Crippen molar-refractivity contribution in [1.82, 2.24) is 4.90 Å². The van der Waals surface area contributed by atoms with Crippen molar-refractivity contribution in [3.05, 3.63) is 41.5 Å². The first kappa shape index (κ1) is 14.2. The predicted molar refractivity (Wildman–Crippen MR) is 90.4 cm³/mol. The Bertz CT molecular complexity index is 787. The van der Waals surface area contributed by atoms with Crippen molar-refractivity contribution in [2.45, 2.75) is 32.1 Å². The van der Waals surface area contributed by atoms with Crippen LogP contribution in [0.3, 0.4) is 0 Å². The molecule has 0 radical (unpaired) electrons. The molecule has 2 amide bonds. The van der Waals surface area contributed by atoms with Gasteiger partial charge in [0, 0.05) is 24.0 Å². The molecule has 0 saturated carbocycles. The average Bonchev–Trinajstić information content (AvgIpc) is 2.97. The second kappa shape index (κ2) is 5.69. The van der Waals surface area contributed by atoms with Gasteiger partial charge in [-0.05, 0) is 48.3 Å². The topological polar surface area (TPSA) is 49.4 Å². The molecular weight excluding hydrogens is 288 g/mol. The summed E-state index contributed by atoms with van der Waals surface area (Å²) in [7, 11) is 0. The number of carbonyl (C=O) groups excluding carboxylic acids is 2. The van der Waals surface area contributed by atoms with E-state index < -0.39 is 0 Å². The molecule has 118 valence electrons. The van der Waals surface area contributed by atoms with Crippen LogP contribution in [0.2, 0.25) is 0 Å². The first-order chi connectivity index (χ1) is 11.2. The number of nitrogens with one attached hydrogen (secondary N) is 1. The Morgan fingerprint density at radius 3 is 2.70 bits per heavy atom. The molecule has 2 aliphatic rings. The maximum atomic E-state index is 12.4. The van der Waals surface area contributed by atoms with Crippen LogP contribution >= 0.6 is 0 Å². The molecular formula is C19H20N2O2. The second-order valence-electron chi connectivity index (χ2n) is 6.43. The lowest BCUT2D eigenvalue weighted by molar-refractivity contribution is -0.136. The molecule has 0 unspecified atom stereocenters. The van der Waals surface area contributed by atoms with E-state index in [0.29, 0.717) is 13.0 Å². The van der Waals surface area contributed by atoms with E-state index in [1.165, 1.54) is 16.5 Å². The summed E-state index contributed by atoms with van der Waals surface area (Å²) in [6, 6.07) is 10.4. The first-order valence-electron chi connectivity index (χ1n) is 8.33. The third-order valence-electron chi connectivity index (χ3n) is 4.91. The molecule has 1 saturated heterocycles. The van der Waals surface area contributed by atoms with Crippen LogP contribution in [0.15, 0.2) is 30.3 Å². The number of piperidine rings is 1. The number of amides is 2. The second-order valence-corrected chi connectivity index (χ2v) is 6.43. The molecule has 1 heterocycles. The largest absolute Gasteiger partial charge is 0.333 e. The standard InChI is InChI=1S/C19H20N2O2/c22-17(12-21-11-2-1-6-18(21)23)20-16-10-9-14-8-7-13-4-3-5-15(16)19(13)14/h3-5,9-10H,1-2,6-8,11-12H2,(H,20,22). The van der Waals surface area contributed by atoms with Crippen molar-refractivity contribution < 1.29 is 9.59 Å². The fourth-order valence-corrected chi connectivity index (χ4v) is 3.75. The molecule has 0 spiro atoms. The van der Waals surface area contributed by atoms with Crippen LogP contribution < -0.4 is 5.32 Å². The van der Waals surface area contributed by atoms with Gasteiger partial charge >= 0.3 is 0 Å². The highest BCUT2D eigenvalue weighted by molar-refractivity contribution is 6.05. The minimum atomic E-state index is -0.112. The van der Waals surface area contributed by atoms with E-state index in [9.17, 15) is 9.59 Å². The quantitative estimate of drug-likeness (QED) is 0.948. The molecule has 1 aliphatic carbocycles. The van der Waals surface area contributed by atoms with Crippen molar-refractivity contribution in [3.8, 4) is 0 Å². The maximum Gasteiger partial charge on any atom is 0.244 e. The minimum Gasteiger partial charge on any atom is -0.333 e. The summed E-state index contributed by atoms with van der Waals surface area (Å²) in [4.78, 5) is 25.9. The normalized spacial score (nSPS) is 16.9. The molecule has 1 aliphatic heterocycles. The van der Waals surface area contributed by atoms with Gasteiger partial charge in [-0.15, -0.1) is 0 Å². The Morgan fingerprint density at radius 1 is 1.04 bits per heavy atom. The molecule has 4 rings (SSSR count). The Morgan fingerprint density at radius 2 is 1.87 bits per heavy atom. The lowest BCUT2D eigenvalue weighted by Gasteiger charge is -2.26. The van der Waals surface area contributed by atoms with Crippen LogP contribution in [0.1, 0.15) is 30.4 Å². The molecule has 2 aromatic carbocycles. The number of likely N-dealkylation sites (tertiary alicyclic amines) is 1. The molecule has 4 nitrogen and oxygen atoms in total. The number of benzene rings is 2.